The summed E-state index contributed by atoms with van der Waals surface area (Å²) in [7, 11) is -5.89. The first-order valence-electron chi connectivity index (χ1n) is 5.47. The Balaban J connectivity index is 2.96. The van der Waals surface area contributed by atoms with E-state index in [4.69, 9.17) is 0 Å². The van der Waals surface area contributed by atoms with Crippen LogP contribution in [0.3, 0.4) is 0 Å². The van der Waals surface area contributed by atoms with Crippen LogP contribution in [0.15, 0.2) is 46.7 Å². The third-order valence-corrected chi connectivity index (χ3v) is 5.26. The minimum Gasteiger partial charge on any atom is -0.214 e. The summed E-state index contributed by atoms with van der Waals surface area (Å²) in [5.74, 6) is 0. The smallest absolute Gasteiger partial charge is 0.214 e. The predicted molar refractivity (Wildman–Crippen MR) is 72.7 cm³/mol. The predicted octanol–water partition coefficient (Wildman–Crippen LogP) is 0.449. The Morgan fingerprint density at radius 3 is 1.95 bits per heavy atom. The Labute approximate surface area is 113 Å². The van der Waals surface area contributed by atoms with E-state index in [1.54, 1.807) is 6.08 Å². The highest BCUT2D eigenvalue weighted by Gasteiger charge is 2.16. The fourth-order valence-electron chi connectivity index (χ4n) is 1.29. The topological polar surface area (TPSA) is 92.3 Å². The number of sulfonamides is 2. The molecule has 1 rings (SSSR count). The van der Waals surface area contributed by atoms with E-state index in [9.17, 15) is 16.8 Å². The Morgan fingerprint density at radius 2 is 1.53 bits per heavy atom. The summed E-state index contributed by atoms with van der Waals surface area (Å²) < 4.78 is 51.2. The highest BCUT2D eigenvalue weighted by Crippen LogP contribution is 2.13. The lowest BCUT2D eigenvalue weighted by Gasteiger charge is -2.07. The van der Waals surface area contributed by atoms with Crippen molar-refractivity contribution >= 4 is 20.0 Å². The molecule has 0 spiro atoms. The summed E-state index contributed by atoms with van der Waals surface area (Å²) in [5.41, 5.74) is 0. The van der Waals surface area contributed by atoms with Crippen LogP contribution in [0.1, 0.15) is 6.42 Å². The van der Waals surface area contributed by atoms with Crippen molar-refractivity contribution in [3.8, 4) is 0 Å². The van der Waals surface area contributed by atoms with Gasteiger partial charge in [-0.15, -0.1) is 6.58 Å². The van der Waals surface area contributed by atoms with E-state index in [2.05, 4.69) is 16.0 Å². The minimum absolute atomic E-state index is 0.0139. The summed E-state index contributed by atoms with van der Waals surface area (Å²) in [5, 5.41) is 0. The zero-order valence-corrected chi connectivity index (χ0v) is 12.1. The van der Waals surface area contributed by atoms with Gasteiger partial charge in [0.2, 0.25) is 20.0 Å². The number of nitrogens with one attached hydrogen (secondary N) is 2. The number of hydrogen-bond acceptors (Lipinski definition) is 4. The van der Waals surface area contributed by atoms with Gasteiger partial charge in [-0.2, -0.15) is 0 Å². The van der Waals surface area contributed by atoms with Gasteiger partial charge in [-0.25, -0.2) is 26.3 Å². The molecule has 0 aliphatic carbocycles. The van der Waals surface area contributed by atoms with Crippen LogP contribution in [0.25, 0.3) is 0 Å². The molecule has 0 saturated carbocycles. The molecule has 1 aromatic rings. The zero-order chi connectivity index (χ0) is 14.5. The molecular weight excluding hydrogens is 288 g/mol. The van der Waals surface area contributed by atoms with Crippen molar-refractivity contribution in [3.05, 3.63) is 36.9 Å². The van der Waals surface area contributed by atoms with E-state index in [1.807, 2.05) is 0 Å². The Kier molecular flexibility index (Phi) is 5.24. The molecule has 0 radical (unpaired) electrons. The van der Waals surface area contributed by atoms with Gasteiger partial charge < -0.3 is 0 Å². The van der Waals surface area contributed by atoms with Gasteiger partial charge in [0.25, 0.3) is 0 Å². The van der Waals surface area contributed by atoms with Crippen molar-refractivity contribution < 1.29 is 16.8 Å². The van der Waals surface area contributed by atoms with Crippen LogP contribution in [0, 0.1) is 0 Å². The summed E-state index contributed by atoms with van der Waals surface area (Å²) in [6, 6.07) is 4.99. The highest BCUT2D eigenvalue weighted by molar-refractivity contribution is 7.90. The SMILES string of the molecule is C=CCCNS(=O)(=O)c1ccc(S(=O)(=O)NC)cc1. The van der Waals surface area contributed by atoms with E-state index in [1.165, 1.54) is 31.3 Å². The van der Waals surface area contributed by atoms with Crippen LogP contribution in [0.2, 0.25) is 0 Å². The van der Waals surface area contributed by atoms with Crippen molar-refractivity contribution in [2.75, 3.05) is 13.6 Å². The normalized spacial score (nSPS) is 12.3. The lowest BCUT2D eigenvalue weighted by atomic mass is 10.4. The van der Waals surface area contributed by atoms with Crippen LogP contribution in [-0.2, 0) is 20.0 Å². The second-order valence-corrected chi connectivity index (χ2v) is 7.31. The van der Waals surface area contributed by atoms with Crippen molar-refractivity contribution in [2.45, 2.75) is 16.2 Å². The molecule has 0 unspecified atom stereocenters. The van der Waals surface area contributed by atoms with E-state index in [0.717, 1.165) is 0 Å². The summed E-state index contributed by atoms with van der Waals surface area (Å²) in [6.45, 7) is 3.74. The molecule has 106 valence electrons. The van der Waals surface area contributed by atoms with Crippen LogP contribution < -0.4 is 9.44 Å². The molecule has 0 aromatic heterocycles. The maximum atomic E-state index is 11.8. The number of hydrogen-bond donors (Lipinski definition) is 2. The van der Waals surface area contributed by atoms with Crippen molar-refractivity contribution in [1.29, 1.82) is 0 Å². The van der Waals surface area contributed by atoms with E-state index >= 15 is 0 Å². The lowest BCUT2D eigenvalue weighted by molar-refractivity contribution is 0.580. The summed E-state index contributed by atoms with van der Waals surface area (Å²) >= 11 is 0. The van der Waals surface area contributed by atoms with Crippen molar-refractivity contribution in [1.82, 2.24) is 9.44 Å². The third kappa shape index (κ3) is 4.13. The largest absolute Gasteiger partial charge is 0.240 e. The fourth-order valence-corrected chi connectivity index (χ4v) is 3.07. The summed E-state index contributed by atoms with van der Waals surface area (Å²) in [6.07, 6.45) is 2.12. The van der Waals surface area contributed by atoms with Crippen LogP contribution >= 0.6 is 0 Å². The quantitative estimate of drug-likeness (QED) is 0.565. The number of benzene rings is 1. The average Bonchev–Trinajstić information content (AvgIpc) is 2.39. The van der Waals surface area contributed by atoms with E-state index in [0.29, 0.717) is 6.42 Å². The fraction of sp³-hybridized carbons (Fsp3) is 0.273. The molecule has 19 heavy (non-hydrogen) atoms. The second-order valence-electron chi connectivity index (χ2n) is 3.65. The molecular formula is C11H16N2O4S2. The summed E-state index contributed by atoms with van der Waals surface area (Å²) in [4.78, 5) is 0.0339. The van der Waals surface area contributed by atoms with Gasteiger partial charge in [0, 0.05) is 6.54 Å². The monoisotopic (exact) mass is 304 g/mol. The standard InChI is InChI=1S/C11H16N2O4S2/c1-3-4-9-13-19(16,17)11-7-5-10(6-8-11)18(14,15)12-2/h3,5-8,12-13H,1,4,9H2,2H3. The Morgan fingerprint density at radius 1 is 1.05 bits per heavy atom. The molecule has 0 aliphatic rings. The van der Waals surface area contributed by atoms with Gasteiger partial charge in [0.05, 0.1) is 9.79 Å². The van der Waals surface area contributed by atoms with Gasteiger partial charge in [-0.3, -0.25) is 0 Å². The van der Waals surface area contributed by atoms with Gasteiger partial charge >= 0.3 is 0 Å². The molecule has 0 saturated heterocycles. The highest BCUT2D eigenvalue weighted by atomic mass is 32.2. The zero-order valence-electron chi connectivity index (χ0n) is 10.5. The van der Waals surface area contributed by atoms with Gasteiger partial charge in [0.15, 0.2) is 0 Å². The van der Waals surface area contributed by atoms with Gasteiger partial charge in [-0.05, 0) is 37.7 Å². The van der Waals surface area contributed by atoms with Gasteiger partial charge in [-0.1, -0.05) is 6.08 Å². The molecule has 0 amide bonds. The maximum absolute atomic E-state index is 11.8. The molecule has 0 fully saturated rings. The van der Waals surface area contributed by atoms with Crippen LogP contribution in [0.5, 0.6) is 0 Å². The number of rotatable bonds is 7. The Bertz CT molecular complexity index is 634. The first kappa shape index (κ1) is 15.8. The molecule has 0 heterocycles. The molecule has 2 N–H and O–H groups in total. The molecule has 1 aromatic carbocycles. The molecule has 0 bridgehead atoms. The first-order valence-corrected chi connectivity index (χ1v) is 8.44. The van der Waals surface area contributed by atoms with E-state index in [-0.39, 0.29) is 16.3 Å². The second kappa shape index (κ2) is 6.29. The molecule has 0 aliphatic heterocycles. The maximum Gasteiger partial charge on any atom is 0.240 e. The molecule has 0 atom stereocenters. The van der Waals surface area contributed by atoms with Crippen molar-refractivity contribution in [2.24, 2.45) is 0 Å². The first-order chi connectivity index (χ1) is 8.83. The van der Waals surface area contributed by atoms with Crippen molar-refractivity contribution in [3.63, 3.8) is 0 Å². The molecule has 6 nitrogen and oxygen atoms in total. The Hall–Kier alpha value is -1.22. The van der Waals surface area contributed by atoms with E-state index < -0.39 is 20.0 Å². The lowest BCUT2D eigenvalue weighted by Crippen LogP contribution is -2.24. The third-order valence-electron chi connectivity index (χ3n) is 2.35. The molecule has 8 heteroatoms. The minimum atomic E-state index is -3.61. The average molecular weight is 304 g/mol. The van der Waals surface area contributed by atoms with Crippen LogP contribution in [0.4, 0.5) is 0 Å². The van der Waals surface area contributed by atoms with Crippen LogP contribution in [-0.4, -0.2) is 30.4 Å². The van der Waals surface area contributed by atoms with Gasteiger partial charge in [0.1, 0.15) is 0 Å².